The molecule has 1 amide bonds. The Morgan fingerprint density at radius 1 is 1.19 bits per heavy atom. The van der Waals surface area contributed by atoms with Crippen molar-refractivity contribution >= 4 is 17.2 Å². The Morgan fingerprint density at radius 2 is 2.03 bits per heavy atom. The van der Waals surface area contributed by atoms with Crippen LogP contribution in [0.3, 0.4) is 0 Å². The fraction of sp³-hybridized carbons (Fsp3) is 0.259. The number of rotatable bonds is 7. The fourth-order valence-electron chi connectivity index (χ4n) is 4.56. The zero-order chi connectivity index (χ0) is 25.1. The first-order valence-electron chi connectivity index (χ1n) is 11.8. The largest absolute Gasteiger partial charge is 0.492 e. The molecule has 1 aromatic carbocycles. The second-order valence-electron chi connectivity index (χ2n) is 8.52. The van der Waals surface area contributed by atoms with Gasteiger partial charge in [0.15, 0.2) is 0 Å². The molecule has 1 fully saturated rings. The van der Waals surface area contributed by atoms with Crippen LogP contribution in [0.5, 0.6) is 5.75 Å². The monoisotopic (exact) mass is 482 g/mol. The van der Waals surface area contributed by atoms with Crippen LogP contribution in [0.25, 0.3) is 16.6 Å². The van der Waals surface area contributed by atoms with E-state index in [-0.39, 0.29) is 18.1 Å². The van der Waals surface area contributed by atoms with Crippen LogP contribution in [0.2, 0.25) is 0 Å². The molecule has 1 N–H and O–H groups in total. The van der Waals surface area contributed by atoms with Gasteiger partial charge in [-0.25, -0.2) is 9.50 Å². The van der Waals surface area contributed by atoms with E-state index in [2.05, 4.69) is 21.4 Å². The van der Waals surface area contributed by atoms with E-state index in [0.717, 1.165) is 16.9 Å². The summed E-state index contributed by atoms with van der Waals surface area (Å²) in [6, 6.07) is 17.0. The Hall–Kier alpha value is -4.42. The number of hydrogen-bond donors (Lipinski definition) is 1. The van der Waals surface area contributed by atoms with E-state index in [1.165, 1.54) is 0 Å². The summed E-state index contributed by atoms with van der Waals surface area (Å²) in [7, 11) is 1.65. The van der Waals surface area contributed by atoms with Gasteiger partial charge in [0.1, 0.15) is 17.6 Å². The first-order chi connectivity index (χ1) is 17.6. The Balaban J connectivity index is 1.38. The predicted molar refractivity (Wildman–Crippen MR) is 135 cm³/mol. The van der Waals surface area contributed by atoms with E-state index in [4.69, 9.17) is 14.5 Å². The maximum Gasteiger partial charge on any atom is 0.251 e. The highest BCUT2D eigenvalue weighted by Crippen LogP contribution is 2.32. The van der Waals surface area contributed by atoms with Gasteiger partial charge in [-0.2, -0.15) is 10.4 Å². The van der Waals surface area contributed by atoms with Crippen molar-refractivity contribution in [3.05, 3.63) is 78.2 Å². The fourth-order valence-corrected chi connectivity index (χ4v) is 4.56. The smallest absolute Gasteiger partial charge is 0.251 e. The third-order valence-corrected chi connectivity index (χ3v) is 6.32. The summed E-state index contributed by atoms with van der Waals surface area (Å²) in [4.78, 5) is 19.5. The lowest BCUT2D eigenvalue weighted by Crippen LogP contribution is -2.43. The number of carbonyl (C=O) groups is 1. The molecule has 36 heavy (non-hydrogen) atoms. The van der Waals surface area contributed by atoms with Gasteiger partial charge in [-0.1, -0.05) is 18.2 Å². The van der Waals surface area contributed by atoms with Crippen LogP contribution in [0.15, 0.2) is 67.1 Å². The van der Waals surface area contributed by atoms with E-state index in [1.807, 2.05) is 43.3 Å². The highest BCUT2D eigenvalue weighted by Gasteiger charge is 2.34. The van der Waals surface area contributed by atoms with Crippen LogP contribution in [-0.2, 0) is 4.74 Å². The number of carbonyl (C=O) groups excluding carboxylic acids is 1. The van der Waals surface area contributed by atoms with E-state index in [1.54, 1.807) is 42.3 Å². The molecule has 1 saturated heterocycles. The lowest BCUT2D eigenvalue weighted by Gasteiger charge is -2.18. The molecule has 5 rings (SSSR count). The number of anilines is 1. The van der Waals surface area contributed by atoms with Gasteiger partial charge in [0.25, 0.3) is 5.91 Å². The van der Waals surface area contributed by atoms with Gasteiger partial charge < -0.3 is 19.7 Å². The van der Waals surface area contributed by atoms with Gasteiger partial charge in [0, 0.05) is 43.1 Å². The van der Waals surface area contributed by atoms with Crippen LogP contribution in [0.4, 0.5) is 5.82 Å². The molecule has 3 aromatic heterocycles. The second kappa shape index (κ2) is 10.1. The minimum atomic E-state index is -0.170. The number of nitriles is 1. The van der Waals surface area contributed by atoms with Crippen molar-refractivity contribution in [3.63, 3.8) is 0 Å². The molecule has 4 aromatic rings. The molecule has 1 aliphatic rings. The zero-order valence-electron chi connectivity index (χ0n) is 20.1. The van der Waals surface area contributed by atoms with Crippen molar-refractivity contribution < 1.29 is 14.3 Å². The quantitative estimate of drug-likeness (QED) is 0.431. The van der Waals surface area contributed by atoms with Gasteiger partial charge in [-0.05, 0) is 37.3 Å². The lowest BCUT2D eigenvalue weighted by atomic mass is 10.1. The average Bonchev–Trinajstić information content (AvgIpc) is 3.53. The van der Waals surface area contributed by atoms with Crippen molar-refractivity contribution in [3.8, 4) is 22.9 Å². The molecule has 0 radical (unpaired) electrons. The Labute approximate surface area is 208 Å². The molecular weight excluding hydrogens is 456 g/mol. The van der Waals surface area contributed by atoms with E-state index in [9.17, 15) is 10.1 Å². The molecule has 9 nitrogen and oxygen atoms in total. The molecule has 2 atom stereocenters. The topological polar surface area (TPSA) is 105 Å². The van der Waals surface area contributed by atoms with Gasteiger partial charge in [-0.3, -0.25) is 4.79 Å². The van der Waals surface area contributed by atoms with Crippen molar-refractivity contribution in [1.29, 1.82) is 5.26 Å². The number of methoxy groups -OCH3 is 1. The summed E-state index contributed by atoms with van der Waals surface area (Å²) < 4.78 is 13.0. The minimum Gasteiger partial charge on any atom is -0.492 e. The van der Waals surface area contributed by atoms with Gasteiger partial charge in [-0.15, -0.1) is 0 Å². The van der Waals surface area contributed by atoms with Crippen LogP contribution >= 0.6 is 0 Å². The molecule has 0 aliphatic carbocycles. The number of amides is 1. The normalized spacial score (nSPS) is 17.2. The van der Waals surface area contributed by atoms with Crippen molar-refractivity contribution in [2.45, 2.75) is 19.1 Å². The maximum atomic E-state index is 12.7. The van der Waals surface area contributed by atoms with E-state index < -0.39 is 0 Å². The van der Waals surface area contributed by atoms with E-state index >= 15 is 0 Å². The lowest BCUT2D eigenvalue weighted by molar-refractivity contribution is 0.0782. The molecule has 9 heteroatoms. The Kier molecular flexibility index (Phi) is 6.52. The molecule has 1 aliphatic heterocycles. The van der Waals surface area contributed by atoms with Crippen LogP contribution in [0, 0.1) is 11.3 Å². The third kappa shape index (κ3) is 4.46. The molecule has 0 unspecified atom stereocenters. The minimum absolute atomic E-state index is 0.125. The zero-order valence-corrected chi connectivity index (χ0v) is 20.1. The summed E-state index contributed by atoms with van der Waals surface area (Å²) in [5.74, 6) is 1.32. The number of ether oxygens (including phenoxy) is 2. The van der Waals surface area contributed by atoms with Gasteiger partial charge >= 0.3 is 0 Å². The first-order valence-corrected chi connectivity index (χ1v) is 11.8. The predicted octanol–water partition coefficient (Wildman–Crippen LogP) is 3.30. The number of nitrogens with zero attached hydrogens (tertiary/aromatic N) is 5. The third-order valence-electron chi connectivity index (χ3n) is 6.32. The average molecular weight is 483 g/mol. The highest BCUT2D eigenvalue weighted by molar-refractivity contribution is 5.94. The molecule has 0 saturated carbocycles. The van der Waals surface area contributed by atoms with E-state index in [0.29, 0.717) is 42.1 Å². The molecule has 0 spiro atoms. The van der Waals surface area contributed by atoms with Crippen molar-refractivity contribution in [1.82, 2.24) is 19.9 Å². The van der Waals surface area contributed by atoms with Crippen LogP contribution in [-0.4, -0.2) is 59.5 Å². The summed E-state index contributed by atoms with van der Waals surface area (Å²) in [6.07, 6.45) is 4.94. The number of aromatic nitrogens is 3. The summed E-state index contributed by atoms with van der Waals surface area (Å²) >= 11 is 0. The van der Waals surface area contributed by atoms with Crippen molar-refractivity contribution in [2.75, 3.05) is 31.7 Å². The maximum absolute atomic E-state index is 12.7. The summed E-state index contributed by atoms with van der Waals surface area (Å²) in [5, 5.41) is 17.0. The number of benzene rings is 1. The summed E-state index contributed by atoms with van der Waals surface area (Å²) in [5.41, 5.74) is 3.47. The first kappa shape index (κ1) is 23.3. The van der Waals surface area contributed by atoms with Crippen LogP contribution in [0.1, 0.15) is 22.8 Å². The highest BCUT2D eigenvalue weighted by atomic mass is 16.5. The number of pyridine rings is 2. The SMILES string of the molecule is CCOc1cc(-c2ccc(N3C[C@H](NC(=O)c4ccccc4)[C@@H](OC)C3)nc2)c2c(C#N)cnn2c1. The van der Waals surface area contributed by atoms with Crippen LogP contribution < -0.4 is 15.0 Å². The molecule has 182 valence electrons. The molecule has 0 bridgehead atoms. The Morgan fingerprint density at radius 3 is 2.72 bits per heavy atom. The van der Waals surface area contributed by atoms with Gasteiger partial charge in [0.2, 0.25) is 0 Å². The molecule has 4 heterocycles. The molecular formula is C27H26N6O3. The second-order valence-corrected chi connectivity index (χ2v) is 8.52. The number of hydrogen-bond acceptors (Lipinski definition) is 7. The number of nitrogens with one attached hydrogen (secondary N) is 1. The van der Waals surface area contributed by atoms with Crippen molar-refractivity contribution in [2.24, 2.45) is 0 Å². The summed E-state index contributed by atoms with van der Waals surface area (Å²) in [6.45, 7) is 3.62. The van der Waals surface area contributed by atoms with Gasteiger partial charge in [0.05, 0.1) is 42.2 Å². The standard InChI is InChI=1S/C27H26N6O3/c1-3-36-21-11-22(26-20(12-28)14-30-33(26)15-21)19-9-10-25(29-13-19)32-16-23(24(17-32)35-2)31-27(34)18-7-5-4-6-8-18/h4-11,13-15,23-24H,3,16-17H2,1-2H3,(H,31,34)/t23-,24-/m0/s1. The number of fused-ring (bicyclic) bond motifs is 1. The Bertz CT molecular complexity index is 1410.